The number of carbonyl (C=O) groups is 3. The van der Waals surface area contributed by atoms with Crippen molar-refractivity contribution in [3.63, 3.8) is 0 Å². The highest BCUT2D eigenvalue weighted by molar-refractivity contribution is 8.13. The standard InChI is InChI=1S/C18H24N2O4S/c1-11(2)14-7-5-6-12(3)16(14)19-17(22)13(4)24-15(21)10-20-8-9-25-18(20)23/h5-7,11,13H,8-10H2,1-4H3,(H,19,22)/t13-/m1/s1. The smallest absolute Gasteiger partial charge is 0.326 e. The first-order chi connectivity index (χ1) is 11.8. The molecule has 0 aliphatic carbocycles. The molecule has 1 N–H and O–H groups in total. The Balaban J connectivity index is 1.96. The van der Waals surface area contributed by atoms with Crippen LogP contribution in [0.2, 0.25) is 0 Å². The van der Waals surface area contributed by atoms with Crippen molar-refractivity contribution in [1.29, 1.82) is 0 Å². The van der Waals surface area contributed by atoms with Crippen molar-refractivity contribution in [2.75, 3.05) is 24.2 Å². The molecule has 7 heteroatoms. The second kappa shape index (κ2) is 8.38. The summed E-state index contributed by atoms with van der Waals surface area (Å²) in [6, 6.07) is 5.85. The van der Waals surface area contributed by atoms with E-state index in [0.717, 1.165) is 16.8 Å². The van der Waals surface area contributed by atoms with Gasteiger partial charge in [-0.1, -0.05) is 43.8 Å². The van der Waals surface area contributed by atoms with Crippen LogP contribution in [0.5, 0.6) is 0 Å². The third-order valence-electron chi connectivity index (χ3n) is 4.02. The zero-order chi connectivity index (χ0) is 18.6. The van der Waals surface area contributed by atoms with E-state index in [1.165, 1.54) is 23.6 Å². The molecule has 1 aromatic carbocycles. The molecule has 1 saturated heterocycles. The summed E-state index contributed by atoms with van der Waals surface area (Å²) in [6.07, 6.45) is -0.933. The number of nitrogens with zero attached hydrogens (tertiary/aromatic N) is 1. The Morgan fingerprint density at radius 2 is 2.04 bits per heavy atom. The summed E-state index contributed by atoms with van der Waals surface area (Å²) in [6.45, 7) is 7.97. The molecule has 1 heterocycles. The van der Waals surface area contributed by atoms with Crippen LogP contribution in [-0.2, 0) is 14.3 Å². The van der Waals surface area contributed by atoms with Gasteiger partial charge in [-0.15, -0.1) is 0 Å². The molecule has 25 heavy (non-hydrogen) atoms. The Kier molecular flexibility index (Phi) is 6.47. The number of rotatable bonds is 6. The molecule has 0 saturated carbocycles. The van der Waals surface area contributed by atoms with Crippen LogP contribution in [0, 0.1) is 6.92 Å². The largest absolute Gasteiger partial charge is 0.451 e. The lowest BCUT2D eigenvalue weighted by Gasteiger charge is -2.20. The fraction of sp³-hybridized carbons (Fsp3) is 0.500. The Morgan fingerprint density at radius 3 is 2.64 bits per heavy atom. The number of amides is 2. The number of hydrogen-bond acceptors (Lipinski definition) is 5. The first kappa shape index (κ1) is 19.3. The molecule has 1 aromatic rings. The van der Waals surface area contributed by atoms with Crippen molar-refractivity contribution in [3.8, 4) is 0 Å². The number of aryl methyl sites for hydroxylation is 1. The van der Waals surface area contributed by atoms with Crippen LogP contribution < -0.4 is 5.32 Å². The zero-order valence-electron chi connectivity index (χ0n) is 15.0. The van der Waals surface area contributed by atoms with E-state index in [4.69, 9.17) is 4.74 Å². The van der Waals surface area contributed by atoms with Crippen LogP contribution in [0.3, 0.4) is 0 Å². The quantitative estimate of drug-likeness (QED) is 0.785. The van der Waals surface area contributed by atoms with E-state index in [0.29, 0.717) is 12.3 Å². The molecule has 6 nitrogen and oxygen atoms in total. The van der Waals surface area contributed by atoms with Crippen molar-refractivity contribution < 1.29 is 19.1 Å². The number of ether oxygens (including phenoxy) is 1. The Labute approximate surface area is 152 Å². The lowest BCUT2D eigenvalue weighted by Crippen LogP contribution is -2.36. The van der Waals surface area contributed by atoms with E-state index in [1.54, 1.807) is 0 Å². The maximum atomic E-state index is 12.4. The summed E-state index contributed by atoms with van der Waals surface area (Å²) >= 11 is 1.18. The van der Waals surface area contributed by atoms with Gasteiger partial charge in [-0.05, 0) is 30.9 Å². The monoisotopic (exact) mass is 364 g/mol. The normalized spacial score (nSPS) is 15.4. The third kappa shape index (κ3) is 4.98. The van der Waals surface area contributed by atoms with Crippen LogP contribution in [0.1, 0.15) is 37.8 Å². The fourth-order valence-electron chi connectivity index (χ4n) is 2.58. The first-order valence-electron chi connectivity index (χ1n) is 8.31. The van der Waals surface area contributed by atoms with Gasteiger partial charge in [-0.25, -0.2) is 0 Å². The SMILES string of the molecule is Cc1cccc(C(C)C)c1NC(=O)[C@@H](C)OC(=O)CN1CCSC1=O. The van der Waals surface area contributed by atoms with Crippen LogP contribution in [-0.4, -0.2) is 47.0 Å². The average molecular weight is 364 g/mol. The fourth-order valence-corrected chi connectivity index (χ4v) is 3.40. The predicted octanol–water partition coefficient (Wildman–Crippen LogP) is 3.16. The Morgan fingerprint density at radius 1 is 1.32 bits per heavy atom. The van der Waals surface area contributed by atoms with Gasteiger partial charge in [-0.3, -0.25) is 14.4 Å². The van der Waals surface area contributed by atoms with Crippen molar-refractivity contribution in [2.24, 2.45) is 0 Å². The molecule has 2 rings (SSSR count). The van der Waals surface area contributed by atoms with E-state index >= 15 is 0 Å². The molecule has 0 spiro atoms. The number of hydrogen-bond donors (Lipinski definition) is 1. The van der Waals surface area contributed by atoms with Gasteiger partial charge >= 0.3 is 5.97 Å². The van der Waals surface area contributed by atoms with Gasteiger partial charge in [0.05, 0.1) is 0 Å². The van der Waals surface area contributed by atoms with Gasteiger partial charge in [0, 0.05) is 18.0 Å². The van der Waals surface area contributed by atoms with Gasteiger partial charge in [0.25, 0.3) is 11.1 Å². The van der Waals surface area contributed by atoms with E-state index in [-0.39, 0.29) is 23.6 Å². The van der Waals surface area contributed by atoms with E-state index in [2.05, 4.69) is 19.2 Å². The minimum absolute atomic E-state index is 0.120. The van der Waals surface area contributed by atoms with Gasteiger partial charge in [0.1, 0.15) is 6.54 Å². The minimum Gasteiger partial charge on any atom is -0.451 e. The van der Waals surface area contributed by atoms with Crippen LogP contribution in [0.25, 0.3) is 0 Å². The highest BCUT2D eigenvalue weighted by Crippen LogP contribution is 2.27. The van der Waals surface area contributed by atoms with Crippen molar-refractivity contribution in [2.45, 2.75) is 39.7 Å². The Hall–Kier alpha value is -2.02. The molecule has 0 aromatic heterocycles. The summed E-state index contributed by atoms with van der Waals surface area (Å²) in [4.78, 5) is 37.3. The van der Waals surface area contributed by atoms with Crippen LogP contribution in [0.15, 0.2) is 18.2 Å². The molecule has 1 aliphatic rings. The predicted molar refractivity (Wildman–Crippen MR) is 98.9 cm³/mol. The van der Waals surface area contributed by atoms with Crippen LogP contribution in [0.4, 0.5) is 10.5 Å². The number of carbonyl (C=O) groups excluding carboxylic acids is 3. The maximum Gasteiger partial charge on any atom is 0.326 e. The molecule has 1 fully saturated rings. The zero-order valence-corrected chi connectivity index (χ0v) is 15.8. The number of thioether (sulfide) groups is 1. The van der Waals surface area contributed by atoms with Gasteiger partial charge < -0.3 is 15.0 Å². The number of esters is 1. The molecule has 1 atom stereocenters. The minimum atomic E-state index is -0.933. The number of anilines is 1. The molecule has 0 unspecified atom stereocenters. The molecule has 1 aliphatic heterocycles. The maximum absolute atomic E-state index is 12.4. The lowest BCUT2D eigenvalue weighted by molar-refractivity contribution is -0.153. The summed E-state index contributed by atoms with van der Waals surface area (Å²) in [5, 5.41) is 2.74. The molecular weight excluding hydrogens is 340 g/mol. The van der Waals surface area contributed by atoms with Crippen LogP contribution >= 0.6 is 11.8 Å². The number of benzene rings is 1. The van der Waals surface area contributed by atoms with Gasteiger partial charge in [0.2, 0.25) is 0 Å². The number of nitrogens with one attached hydrogen (secondary N) is 1. The second-order valence-electron chi connectivity index (χ2n) is 6.35. The van der Waals surface area contributed by atoms with Gasteiger partial charge in [0.15, 0.2) is 6.10 Å². The first-order valence-corrected chi connectivity index (χ1v) is 9.29. The van der Waals surface area contributed by atoms with E-state index < -0.39 is 12.1 Å². The van der Waals surface area contributed by atoms with Crippen molar-refractivity contribution in [1.82, 2.24) is 4.90 Å². The lowest BCUT2D eigenvalue weighted by atomic mass is 9.98. The highest BCUT2D eigenvalue weighted by Gasteiger charge is 2.26. The summed E-state index contributed by atoms with van der Waals surface area (Å²) < 4.78 is 5.18. The second-order valence-corrected chi connectivity index (χ2v) is 7.40. The van der Waals surface area contributed by atoms with Crippen molar-refractivity contribution in [3.05, 3.63) is 29.3 Å². The summed E-state index contributed by atoms with van der Waals surface area (Å²) in [5.74, 6) is -0.0290. The number of para-hydroxylation sites is 1. The molecule has 0 bridgehead atoms. The molecule has 136 valence electrons. The van der Waals surface area contributed by atoms with E-state index in [9.17, 15) is 14.4 Å². The topological polar surface area (TPSA) is 75.7 Å². The average Bonchev–Trinajstić information content (AvgIpc) is 2.93. The molecular formula is C18H24N2O4S. The molecule has 2 amide bonds. The Bertz CT molecular complexity index is 675. The molecule has 0 radical (unpaired) electrons. The van der Waals surface area contributed by atoms with Crippen molar-refractivity contribution >= 4 is 34.6 Å². The highest BCUT2D eigenvalue weighted by atomic mass is 32.2. The summed E-state index contributed by atoms with van der Waals surface area (Å²) in [5.41, 5.74) is 2.75. The van der Waals surface area contributed by atoms with E-state index in [1.807, 2.05) is 25.1 Å². The third-order valence-corrected chi connectivity index (χ3v) is 4.91. The van der Waals surface area contributed by atoms with Gasteiger partial charge in [-0.2, -0.15) is 0 Å². The summed E-state index contributed by atoms with van der Waals surface area (Å²) in [7, 11) is 0.